The Hall–Kier alpha value is -0.0800. The van der Waals surface area contributed by atoms with Gasteiger partial charge < -0.3 is 0 Å². The van der Waals surface area contributed by atoms with Crippen molar-refractivity contribution >= 4 is 0 Å². The molecule has 0 aliphatic rings. The van der Waals surface area contributed by atoms with E-state index < -0.39 is 0 Å². The summed E-state index contributed by atoms with van der Waals surface area (Å²) in [5.74, 6) is 0. The predicted molar refractivity (Wildman–Crippen MR) is 50.9 cm³/mol. The molecule has 1 atom stereocenters. The second-order valence-electron chi connectivity index (χ2n) is 3.22. The van der Waals surface area contributed by atoms with Crippen molar-refractivity contribution in [3.8, 4) is 0 Å². The van der Waals surface area contributed by atoms with Crippen LogP contribution < -0.4 is 0 Å². The predicted octanol–water partition coefficient (Wildman–Crippen LogP) is 3.31. The van der Waals surface area contributed by atoms with Crippen LogP contribution in [0.2, 0.25) is 0 Å². The molecule has 0 aromatic heterocycles. The lowest BCUT2D eigenvalue weighted by molar-refractivity contribution is -0.321. The molecule has 74 valence electrons. The Balaban J connectivity index is 3.02. The third-order valence-corrected chi connectivity index (χ3v) is 1.78. The molecule has 2 heteroatoms. The topological polar surface area (TPSA) is 18.5 Å². The molecule has 0 heterocycles. The molecule has 0 bridgehead atoms. The molecular weight excluding hydrogens is 152 g/mol. The van der Waals surface area contributed by atoms with Gasteiger partial charge in [0, 0.05) is 0 Å². The molecule has 0 amide bonds. The number of hydrogen-bond acceptors (Lipinski definition) is 2. The van der Waals surface area contributed by atoms with Crippen LogP contribution in [0.3, 0.4) is 0 Å². The second-order valence-corrected chi connectivity index (χ2v) is 3.22. The first-order chi connectivity index (χ1) is 5.81. The van der Waals surface area contributed by atoms with E-state index in [1.807, 2.05) is 0 Å². The standard InChI is InChI=1S/C10H22O2/c1-4-6-8-10(3)12-11-9-7-5-2/h10H,4-9H2,1-3H3. The van der Waals surface area contributed by atoms with Crippen LogP contribution in [-0.4, -0.2) is 12.7 Å². The summed E-state index contributed by atoms with van der Waals surface area (Å²) in [7, 11) is 0. The fourth-order valence-electron chi connectivity index (χ4n) is 0.907. The highest BCUT2D eigenvalue weighted by atomic mass is 17.2. The van der Waals surface area contributed by atoms with E-state index in [-0.39, 0.29) is 6.10 Å². The van der Waals surface area contributed by atoms with Gasteiger partial charge in [-0.25, -0.2) is 9.78 Å². The first kappa shape index (κ1) is 11.9. The van der Waals surface area contributed by atoms with Gasteiger partial charge in [-0.15, -0.1) is 0 Å². The van der Waals surface area contributed by atoms with Gasteiger partial charge in [0.1, 0.15) is 0 Å². The summed E-state index contributed by atoms with van der Waals surface area (Å²) in [6, 6.07) is 0. The minimum atomic E-state index is 0.252. The first-order valence-electron chi connectivity index (χ1n) is 5.09. The molecule has 0 radical (unpaired) electrons. The summed E-state index contributed by atoms with van der Waals surface area (Å²) >= 11 is 0. The van der Waals surface area contributed by atoms with Crippen LogP contribution in [0.15, 0.2) is 0 Å². The van der Waals surface area contributed by atoms with Crippen molar-refractivity contribution < 1.29 is 9.78 Å². The van der Waals surface area contributed by atoms with Crippen molar-refractivity contribution in [1.82, 2.24) is 0 Å². The number of unbranched alkanes of at least 4 members (excludes halogenated alkanes) is 2. The van der Waals surface area contributed by atoms with Crippen molar-refractivity contribution in [3.05, 3.63) is 0 Å². The molecule has 0 spiro atoms. The van der Waals surface area contributed by atoms with Gasteiger partial charge in [0.15, 0.2) is 0 Å². The van der Waals surface area contributed by atoms with Crippen molar-refractivity contribution in [1.29, 1.82) is 0 Å². The monoisotopic (exact) mass is 174 g/mol. The van der Waals surface area contributed by atoms with Gasteiger partial charge in [-0.1, -0.05) is 33.1 Å². The van der Waals surface area contributed by atoms with Crippen LogP contribution in [0.25, 0.3) is 0 Å². The van der Waals surface area contributed by atoms with E-state index in [1.54, 1.807) is 0 Å². The molecular formula is C10H22O2. The minimum Gasteiger partial charge on any atom is -0.236 e. The molecule has 0 aromatic rings. The molecule has 0 aromatic carbocycles. The Labute approximate surface area is 76.2 Å². The quantitative estimate of drug-likeness (QED) is 0.319. The smallest absolute Gasteiger partial charge is 0.0901 e. The maximum Gasteiger partial charge on any atom is 0.0901 e. The lowest BCUT2D eigenvalue weighted by Gasteiger charge is -2.10. The SMILES string of the molecule is CCCCOOC(C)CCCC. The van der Waals surface area contributed by atoms with Crippen LogP contribution in [0.4, 0.5) is 0 Å². The van der Waals surface area contributed by atoms with Crippen LogP contribution in [-0.2, 0) is 9.78 Å². The highest BCUT2D eigenvalue weighted by Gasteiger charge is 2.01. The van der Waals surface area contributed by atoms with Crippen LogP contribution in [0.1, 0.15) is 52.9 Å². The van der Waals surface area contributed by atoms with Gasteiger partial charge in [0.25, 0.3) is 0 Å². The van der Waals surface area contributed by atoms with Gasteiger partial charge in [0.2, 0.25) is 0 Å². The summed E-state index contributed by atoms with van der Waals surface area (Å²) in [4.78, 5) is 10.2. The van der Waals surface area contributed by atoms with Gasteiger partial charge in [-0.2, -0.15) is 0 Å². The van der Waals surface area contributed by atoms with Crippen molar-refractivity contribution in [2.45, 2.75) is 59.0 Å². The third kappa shape index (κ3) is 8.02. The molecule has 0 N–H and O–H groups in total. The maximum atomic E-state index is 5.15. The molecule has 1 unspecified atom stereocenters. The normalized spacial score (nSPS) is 13.2. The molecule has 0 saturated carbocycles. The molecule has 0 rings (SSSR count). The van der Waals surface area contributed by atoms with Gasteiger partial charge in [-0.3, -0.25) is 0 Å². The van der Waals surface area contributed by atoms with Gasteiger partial charge >= 0.3 is 0 Å². The lowest BCUT2D eigenvalue weighted by Crippen LogP contribution is -2.09. The third-order valence-electron chi connectivity index (χ3n) is 1.78. The minimum absolute atomic E-state index is 0.252. The van der Waals surface area contributed by atoms with Crippen LogP contribution >= 0.6 is 0 Å². The second kappa shape index (κ2) is 9.01. The average molecular weight is 174 g/mol. The van der Waals surface area contributed by atoms with E-state index in [1.165, 1.54) is 12.8 Å². The Morgan fingerprint density at radius 3 is 2.33 bits per heavy atom. The Kier molecular flexibility index (Phi) is 8.95. The molecule has 0 aliphatic carbocycles. The summed E-state index contributed by atoms with van der Waals surface area (Å²) in [6.45, 7) is 7.11. The zero-order valence-corrected chi connectivity index (χ0v) is 8.64. The van der Waals surface area contributed by atoms with Crippen LogP contribution in [0.5, 0.6) is 0 Å². The summed E-state index contributed by atoms with van der Waals surface area (Å²) in [5.41, 5.74) is 0. The Morgan fingerprint density at radius 2 is 1.75 bits per heavy atom. The first-order valence-corrected chi connectivity index (χ1v) is 5.09. The lowest BCUT2D eigenvalue weighted by atomic mass is 10.2. The van der Waals surface area contributed by atoms with E-state index in [0.29, 0.717) is 0 Å². The molecule has 0 aliphatic heterocycles. The van der Waals surface area contributed by atoms with Crippen molar-refractivity contribution in [2.75, 3.05) is 6.61 Å². The Bertz CT molecular complexity index is 83.9. The van der Waals surface area contributed by atoms with E-state index in [9.17, 15) is 0 Å². The fraction of sp³-hybridized carbons (Fsp3) is 1.00. The number of hydrogen-bond donors (Lipinski definition) is 0. The zero-order chi connectivity index (χ0) is 9.23. The van der Waals surface area contributed by atoms with Crippen molar-refractivity contribution in [3.63, 3.8) is 0 Å². The summed E-state index contributed by atoms with van der Waals surface area (Å²) in [6.07, 6.45) is 6.04. The maximum absolute atomic E-state index is 5.15. The summed E-state index contributed by atoms with van der Waals surface area (Å²) in [5, 5.41) is 0. The molecule has 2 nitrogen and oxygen atoms in total. The van der Waals surface area contributed by atoms with Gasteiger partial charge in [0.05, 0.1) is 12.7 Å². The summed E-state index contributed by atoms with van der Waals surface area (Å²) < 4.78 is 0. The van der Waals surface area contributed by atoms with E-state index in [4.69, 9.17) is 9.78 Å². The largest absolute Gasteiger partial charge is 0.236 e. The van der Waals surface area contributed by atoms with Crippen molar-refractivity contribution in [2.24, 2.45) is 0 Å². The highest BCUT2D eigenvalue weighted by molar-refractivity contribution is 4.46. The van der Waals surface area contributed by atoms with E-state index in [2.05, 4.69) is 20.8 Å². The molecule has 0 saturated heterocycles. The average Bonchev–Trinajstić information content (AvgIpc) is 2.09. The number of rotatable bonds is 8. The molecule has 0 fully saturated rings. The Morgan fingerprint density at radius 1 is 1.08 bits per heavy atom. The highest BCUT2D eigenvalue weighted by Crippen LogP contribution is 2.04. The van der Waals surface area contributed by atoms with E-state index in [0.717, 1.165) is 25.9 Å². The molecule has 12 heavy (non-hydrogen) atoms. The van der Waals surface area contributed by atoms with Gasteiger partial charge in [-0.05, 0) is 19.8 Å². The van der Waals surface area contributed by atoms with E-state index >= 15 is 0 Å². The van der Waals surface area contributed by atoms with Crippen LogP contribution in [0, 0.1) is 0 Å². The zero-order valence-electron chi connectivity index (χ0n) is 8.64. The fourth-order valence-corrected chi connectivity index (χ4v) is 0.907.